The van der Waals surface area contributed by atoms with E-state index in [4.69, 9.17) is 0 Å². The van der Waals surface area contributed by atoms with Crippen molar-refractivity contribution < 1.29 is 8.42 Å². The maximum atomic E-state index is 13.1. The summed E-state index contributed by atoms with van der Waals surface area (Å²) in [7, 11) is -4.88. The summed E-state index contributed by atoms with van der Waals surface area (Å²) in [6.07, 6.45) is 2.43. The van der Waals surface area contributed by atoms with E-state index in [1.54, 1.807) is 24.3 Å². The van der Waals surface area contributed by atoms with Gasteiger partial charge in [-0.25, -0.2) is 8.42 Å². The van der Waals surface area contributed by atoms with Crippen molar-refractivity contribution in [3.05, 3.63) is 64.2 Å². The summed E-state index contributed by atoms with van der Waals surface area (Å²) in [5.74, 6) is 0. The van der Waals surface area contributed by atoms with Gasteiger partial charge in [0.25, 0.3) is 0 Å². The summed E-state index contributed by atoms with van der Waals surface area (Å²) < 4.78 is 26.2. The van der Waals surface area contributed by atoms with Crippen molar-refractivity contribution in [3.8, 4) is 0 Å². The number of hydrogen-bond donors (Lipinski definition) is 0. The molecule has 1 aliphatic carbocycles. The minimum absolute atomic E-state index is 0.378. The van der Waals surface area contributed by atoms with Crippen LogP contribution in [0.4, 0.5) is 0 Å². The molecule has 1 aromatic carbocycles. The Hall–Kier alpha value is -1.39. The lowest BCUT2D eigenvalue weighted by atomic mass is 9.90. The summed E-state index contributed by atoms with van der Waals surface area (Å²) >= 11 is 0. The Bertz CT molecular complexity index is 763. The Morgan fingerprint density at radius 2 is 1.74 bits per heavy atom. The van der Waals surface area contributed by atoms with Gasteiger partial charge in [-0.2, -0.15) is 0 Å². The Kier molecular flexibility index (Phi) is 5.16. The summed E-state index contributed by atoms with van der Waals surface area (Å²) in [6.45, 7) is 12.8. The van der Waals surface area contributed by atoms with Crippen LogP contribution >= 0.6 is 0 Å². The second kappa shape index (κ2) is 6.61. The summed E-state index contributed by atoms with van der Waals surface area (Å²) in [4.78, 5) is 0.926. The fraction of sp³-hybridized carbons (Fsp3) is 0.368. The fourth-order valence-electron chi connectivity index (χ4n) is 3.06. The van der Waals surface area contributed by atoms with E-state index in [0.717, 1.165) is 24.0 Å². The molecule has 1 aliphatic rings. The highest BCUT2D eigenvalue weighted by Crippen LogP contribution is 2.39. The van der Waals surface area contributed by atoms with Gasteiger partial charge < -0.3 is 0 Å². The van der Waals surface area contributed by atoms with Crippen molar-refractivity contribution in [1.82, 2.24) is 0 Å². The average Bonchev–Trinajstić information content (AvgIpc) is 2.46. The maximum Gasteiger partial charge on any atom is 0.203 e. The van der Waals surface area contributed by atoms with Gasteiger partial charge in [0.15, 0.2) is 0 Å². The average molecular weight is 347 g/mol. The molecule has 0 bridgehead atoms. The molecule has 0 atom stereocenters. The van der Waals surface area contributed by atoms with Gasteiger partial charge in [-0.1, -0.05) is 50.1 Å². The molecule has 1 aromatic rings. The molecule has 2 rings (SSSR count). The first-order chi connectivity index (χ1) is 10.6. The van der Waals surface area contributed by atoms with Crippen molar-refractivity contribution in [3.63, 3.8) is 0 Å². The third-order valence-electron chi connectivity index (χ3n) is 3.86. The number of benzene rings is 1. The smallest absolute Gasteiger partial charge is 0.203 e. The van der Waals surface area contributed by atoms with Gasteiger partial charge in [0, 0.05) is 0 Å². The monoisotopic (exact) mass is 346 g/mol. The molecular formula is C19H26O2SSi. The first-order valence-electron chi connectivity index (χ1n) is 8.04. The molecule has 0 unspecified atom stereocenters. The van der Waals surface area contributed by atoms with Crippen molar-refractivity contribution >= 4 is 17.9 Å². The predicted molar refractivity (Wildman–Crippen MR) is 101 cm³/mol. The van der Waals surface area contributed by atoms with Crippen LogP contribution in [0.3, 0.4) is 0 Å². The van der Waals surface area contributed by atoms with Gasteiger partial charge in [-0.05, 0) is 55.0 Å². The van der Waals surface area contributed by atoms with E-state index >= 15 is 0 Å². The number of sulfone groups is 1. The van der Waals surface area contributed by atoms with E-state index < -0.39 is 17.9 Å². The van der Waals surface area contributed by atoms with Crippen LogP contribution in [-0.4, -0.2) is 16.5 Å². The van der Waals surface area contributed by atoms with Crippen molar-refractivity contribution in [2.24, 2.45) is 0 Å². The minimum Gasteiger partial charge on any atom is -0.219 e. The maximum absolute atomic E-state index is 13.1. The van der Waals surface area contributed by atoms with Gasteiger partial charge in [0.1, 0.15) is 0 Å². The van der Waals surface area contributed by atoms with E-state index in [1.165, 1.54) is 5.57 Å². The molecule has 0 amide bonds. The van der Waals surface area contributed by atoms with Crippen LogP contribution in [0.5, 0.6) is 0 Å². The lowest BCUT2D eigenvalue weighted by Crippen LogP contribution is -2.20. The van der Waals surface area contributed by atoms with E-state index in [1.807, 2.05) is 13.0 Å². The molecule has 0 saturated carbocycles. The highest BCUT2D eigenvalue weighted by molar-refractivity contribution is 7.95. The second-order valence-electron chi connectivity index (χ2n) is 7.28. The molecule has 2 nitrogen and oxygen atoms in total. The van der Waals surface area contributed by atoms with E-state index in [-0.39, 0.29) is 0 Å². The van der Waals surface area contributed by atoms with Crippen LogP contribution in [0.25, 0.3) is 0 Å². The first-order valence-corrected chi connectivity index (χ1v) is 13.1. The molecule has 0 aromatic heterocycles. The highest BCUT2D eigenvalue weighted by Gasteiger charge is 2.29. The molecule has 0 spiro atoms. The van der Waals surface area contributed by atoms with E-state index in [2.05, 4.69) is 31.9 Å². The topological polar surface area (TPSA) is 34.1 Å². The third kappa shape index (κ3) is 4.12. The SMILES string of the molecule is C=C(C)C1=C(S(=O)(=O)c2ccccc2)CCC/C1=C\[Si](C)(C)C. The molecule has 0 aliphatic heterocycles. The van der Waals surface area contributed by atoms with Gasteiger partial charge in [-0.3, -0.25) is 0 Å². The zero-order chi connectivity index (χ0) is 17.3. The van der Waals surface area contributed by atoms with Crippen LogP contribution in [-0.2, 0) is 9.84 Å². The fourth-order valence-corrected chi connectivity index (χ4v) is 6.18. The molecule has 0 saturated heterocycles. The largest absolute Gasteiger partial charge is 0.219 e. The molecule has 0 fully saturated rings. The van der Waals surface area contributed by atoms with Gasteiger partial charge in [0.2, 0.25) is 9.84 Å². The Balaban J connectivity index is 2.68. The van der Waals surface area contributed by atoms with Crippen LogP contribution in [0, 0.1) is 0 Å². The molecule has 0 radical (unpaired) electrons. The normalized spacial score (nSPS) is 18.3. The lowest BCUT2D eigenvalue weighted by Gasteiger charge is -2.26. The Morgan fingerprint density at radius 1 is 1.13 bits per heavy atom. The summed E-state index contributed by atoms with van der Waals surface area (Å²) in [6, 6.07) is 8.74. The molecule has 0 heterocycles. The quantitative estimate of drug-likeness (QED) is 0.695. The molecule has 23 heavy (non-hydrogen) atoms. The number of hydrogen-bond acceptors (Lipinski definition) is 2. The van der Waals surface area contributed by atoms with Gasteiger partial charge in [0.05, 0.1) is 17.9 Å². The number of rotatable bonds is 4. The molecule has 0 N–H and O–H groups in total. The lowest BCUT2D eigenvalue weighted by molar-refractivity contribution is 0.597. The standard InChI is InChI=1S/C19H26O2SSi/c1-15(2)19-16(14-23(3,4)5)10-9-13-18(19)22(20,21)17-11-7-6-8-12-17/h6-8,11-12,14H,1,9-10,13H2,2-5H3/b16-14+. The Morgan fingerprint density at radius 3 is 2.26 bits per heavy atom. The zero-order valence-electron chi connectivity index (χ0n) is 14.5. The Labute approximate surface area is 141 Å². The van der Waals surface area contributed by atoms with Gasteiger partial charge >= 0.3 is 0 Å². The number of allylic oxidation sites excluding steroid dienone is 4. The summed E-state index contributed by atoms with van der Waals surface area (Å²) in [5, 5.41) is 0. The highest BCUT2D eigenvalue weighted by atomic mass is 32.2. The summed E-state index contributed by atoms with van der Waals surface area (Å²) in [5.41, 5.74) is 5.24. The van der Waals surface area contributed by atoms with Crippen LogP contribution < -0.4 is 0 Å². The van der Waals surface area contributed by atoms with Crippen molar-refractivity contribution in [1.29, 1.82) is 0 Å². The van der Waals surface area contributed by atoms with Crippen molar-refractivity contribution in [2.45, 2.75) is 50.7 Å². The van der Waals surface area contributed by atoms with E-state index in [9.17, 15) is 8.42 Å². The zero-order valence-corrected chi connectivity index (χ0v) is 16.3. The van der Waals surface area contributed by atoms with Gasteiger partial charge in [-0.15, -0.1) is 0 Å². The molecule has 4 heteroatoms. The third-order valence-corrected chi connectivity index (χ3v) is 7.03. The second-order valence-corrected chi connectivity index (χ2v) is 14.3. The first kappa shape index (κ1) is 18.0. The molecule has 124 valence electrons. The van der Waals surface area contributed by atoms with Crippen molar-refractivity contribution in [2.75, 3.05) is 0 Å². The van der Waals surface area contributed by atoms with Crippen LogP contribution in [0.2, 0.25) is 19.6 Å². The molecular weight excluding hydrogens is 320 g/mol. The van der Waals surface area contributed by atoms with Crippen LogP contribution in [0.1, 0.15) is 26.2 Å². The van der Waals surface area contributed by atoms with Crippen LogP contribution in [0.15, 0.2) is 69.1 Å². The van der Waals surface area contributed by atoms with E-state index in [0.29, 0.717) is 16.2 Å². The predicted octanol–water partition coefficient (Wildman–Crippen LogP) is 5.28. The minimum atomic E-state index is -3.45.